The monoisotopic (exact) mass is 639 g/mol. The van der Waals surface area contributed by atoms with E-state index in [1.165, 1.54) is 24.1 Å². The summed E-state index contributed by atoms with van der Waals surface area (Å²) in [6.07, 6.45) is 0.285. The fourth-order valence-corrected chi connectivity index (χ4v) is 6.38. The van der Waals surface area contributed by atoms with Crippen molar-refractivity contribution in [2.75, 3.05) is 17.9 Å². The van der Waals surface area contributed by atoms with Gasteiger partial charge in [-0.1, -0.05) is 72.6 Å². The number of para-hydroxylation sites is 1. The maximum Gasteiger partial charge on any atom is 0.264 e. The van der Waals surface area contributed by atoms with Crippen molar-refractivity contribution in [3.8, 4) is 11.5 Å². The largest absolute Gasteiger partial charge is 0.457 e. The molecule has 224 valence electrons. The molecule has 0 aromatic heterocycles. The van der Waals surface area contributed by atoms with Gasteiger partial charge in [-0.05, 0) is 72.6 Å². The van der Waals surface area contributed by atoms with E-state index in [1.807, 2.05) is 18.2 Å². The summed E-state index contributed by atoms with van der Waals surface area (Å²) in [4.78, 5) is 28.3. The number of ether oxygens (including phenoxy) is 1. The van der Waals surface area contributed by atoms with Crippen LogP contribution in [0.3, 0.4) is 0 Å². The molecule has 0 saturated heterocycles. The van der Waals surface area contributed by atoms with Crippen molar-refractivity contribution in [1.29, 1.82) is 0 Å². The van der Waals surface area contributed by atoms with Gasteiger partial charge in [-0.25, -0.2) is 8.42 Å². The first-order valence-corrected chi connectivity index (χ1v) is 15.7. The van der Waals surface area contributed by atoms with Crippen LogP contribution in [0.2, 0.25) is 10.0 Å². The molecule has 0 fully saturated rings. The number of hydrogen-bond donors (Lipinski definition) is 1. The van der Waals surface area contributed by atoms with Gasteiger partial charge in [0.2, 0.25) is 11.8 Å². The van der Waals surface area contributed by atoms with Crippen LogP contribution in [0.25, 0.3) is 0 Å². The third-order valence-electron chi connectivity index (χ3n) is 6.70. The van der Waals surface area contributed by atoms with Crippen molar-refractivity contribution >= 4 is 50.7 Å². The number of anilines is 1. The van der Waals surface area contributed by atoms with Crippen LogP contribution in [0.5, 0.6) is 11.5 Å². The Morgan fingerprint density at radius 2 is 1.47 bits per heavy atom. The van der Waals surface area contributed by atoms with E-state index >= 15 is 0 Å². The third-order valence-corrected chi connectivity index (χ3v) is 9.08. The normalized spacial score (nSPS) is 11.8. The van der Waals surface area contributed by atoms with E-state index in [0.29, 0.717) is 27.1 Å². The highest BCUT2D eigenvalue weighted by Gasteiger charge is 2.33. The topological polar surface area (TPSA) is 96.0 Å². The van der Waals surface area contributed by atoms with Crippen LogP contribution in [-0.2, 0) is 26.2 Å². The minimum Gasteiger partial charge on any atom is -0.457 e. The van der Waals surface area contributed by atoms with E-state index in [1.54, 1.807) is 79.7 Å². The molecular formula is C32H31Cl2N3O5S. The third kappa shape index (κ3) is 7.87. The van der Waals surface area contributed by atoms with Crippen LogP contribution in [0.1, 0.15) is 18.9 Å². The number of carbonyl (C=O) groups is 2. The van der Waals surface area contributed by atoms with Crippen molar-refractivity contribution in [2.45, 2.75) is 30.8 Å². The molecule has 1 N–H and O–H groups in total. The number of benzene rings is 4. The number of sulfonamides is 1. The molecule has 8 nitrogen and oxygen atoms in total. The lowest BCUT2D eigenvalue weighted by atomic mass is 10.1. The Bertz CT molecular complexity index is 1650. The zero-order valence-electron chi connectivity index (χ0n) is 23.6. The van der Waals surface area contributed by atoms with Gasteiger partial charge in [0.1, 0.15) is 24.1 Å². The Hall–Kier alpha value is -4.05. The zero-order valence-corrected chi connectivity index (χ0v) is 25.9. The highest BCUT2D eigenvalue weighted by molar-refractivity contribution is 7.92. The average Bonchev–Trinajstić information content (AvgIpc) is 3.02. The Morgan fingerprint density at radius 3 is 2.05 bits per heavy atom. The molecule has 4 aromatic rings. The first kappa shape index (κ1) is 31.9. The van der Waals surface area contributed by atoms with E-state index in [4.69, 9.17) is 27.9 Å². The number of rotatable bonds is 12. The van der Waals surface area contributed by atoms with Crippen LogP contribution >= 0.6 is 23.2 Å². The van der Waals surface area contributed by atoms with Crippen LogP contribution in [0.4, 0.5) is 5.69 Å². The summed E-state index contributed by atoms with van der Waals surface area (Å²) >= 11 is 12.5. The highest BCUT2D eigenvalue weighted by atomic mass is 35.5. The Kier molecular flexibility index (Phi) is 10.7. The minimum absolute atomic E-state index is 0.0121. The second-order valence-corrected chi connectivity index (χ2v) is 12.2. The summed E-state index contributed by atoms with van der Waals surface area (Å²) in [6, 6.07) is 27.4. The predicted molar refractivity (Wildman–Crippen MR) is 169 cm³/mol. The standard InChI is InChI=1S/C32H31Cl2N3O5S/c1-3-30(32(39)35-2)36(21-23-14-15-24(33)20-29(23)34)31(38)22-37(43(40,41)28-12-8-5-9-13-28)25-16-18-27(19-17-25)42-26-10-6-4-7-11-26/h4-20,30H,3,21-22H2,1-2H3,(H,35,39)/t30-/m1/s1. The first-order chi connectivity index (χ1) is 20.6. The second-order valence-electron chi connectivity index (χ2n) is 9.53. The van der Waals surface area contributed by atoms with Gasteiger partial charge in [-0.15, -0.1) is 0 Å². The SMILES string of the molecule is CC[C@H](C(=O)NC)N(Cc1ccc(Cl)cc1Cl)C(=O)CN(c1ccc(Oc2ccccc2)cc1)S(=O)(=O)c1ccccc1. The van der Waals surface area contributed by atoms with Gasteiger partial charge in [0.05, 0.1) is 10.6 Å². The van der Waals surface area contributed by atoms with Gasteiger partial charge < -0.3 is 15.0 Å². The van der Waals surface area contributed by atoms with Gasteiger partial charge in [-0.2, -0.15) is 0 Å². The quantitative estimate of drug-likeness (QED) is 0.190. The fourth-order valence-electron chi connectivity index (χ4n) is 4.47. The molecule has 0 aliphatic heterocycles. The maximum atomic E-state index is 14.1. The molecule has 0 radical (unpaired) electrons. The van der Waals surface area contributed by atoms with Gasteiger partial charge in [0, 0.05) is 23.6 Å². The molecule has 0 saturated carbocycles. The number of nitrogens with zero attached hydrogens (tertiary/aromatic N) is 2. The summed E-state index contributed by atoms with van der Waals surface area (Å²) in [5.41, 5.74) is 0.803. The number of nitrogens with one attached hydrogen (secondary N) is 1. The van der Waals surface area contributed by atoms with E-state index in [9.17, 15) is 18.0 Å². The number of amides is 2. The molecule has 0 aliphatic rings. The Labute approximate surface area is 261 Å². The van der Waals surface area contributed by atoms with Crippen molar-refractivity contribution in [3.63, 3.8) is 0 Å². The first-order valence-electron chi connectivity index (χ1n) is 13.5. The van der Waals surface area contributed by atoms with Crippen molar-refractivity contribution in [2.24, 2.45) is 0 Å². The zero-order chi connectivity index (χ0) is 31.0. The van der Waals surface area contributed by atoms with E-state index < -0.39 is 28.5 Å². The number of likely N-dealkylation sites (N-methyl/N-ethyl adjacent to an activating group) is 1. The summed E-state index contributed by atoms with van der Waals surface area (Å²) in [6.45, 7) is 1.16. The Morgan fingerprint density at radius 1 is 0.860 bits per heavy atom. The summed E-state index contributed by atoms with van der Waals surface area (Å²) in [5.74, 6) is 0.130. The molecule has 0 spiro atoms. The van der Waals surface area contributed by atoms with E-state index in [-0.39, 0.29) is 29.5 Å². The van der Waals surface area contributed by atoms with Gasteiger partial charge in [-0.3, -0.25) is 13.9 Å². The van der Waals surface area contributed by atoms with Gasteiger partial charge in [0.15, 0.2) is 0 Å². The molecule has 1 atom stereocenters. The lowest BCUT2D eigenvalue weighted by molar-refractivity contribution is -0.140. The average molecular weight is 641 g/mol. The number of halogens is 2. The smallest absolute Gasteiger partial charge is 0.264 e. The fraction of sp³-hybridized carbons (Fsp3) is 0.188. The van der Waals surface area contributed by atoms with Crippen LogP contribution < -0.4 is 14.4 Å². The molecule has 0 unspecified atom stereocenters. The van der Waals surface area contributed by atoms with Crippen molar-refractivity contribution in [3.05, 3.63) is 119 Å². The molecule has 4 aromatic carbocycles. The van der Waals surface area contributed by atoms with Crippen molar-refractivity contribution < 1.29 is 22.7 Å². The van der Waals surface area contributed by atoms with E-state index in [2.05, 4.69) is 5.32 Å². The lowest BCUT2D eigenvalue weighted by Gasteiger charge is -2.33. The van der Waals surface area contributed by atoms with E-state index in [0.717, 1.165) is 4.31 Å². The molecular weight excluding hydrogens is 609 g/mol. The number of carbonyl (C=O) groups excluding carboxylic acids is 2. The Balaban J connectivity index is 1.72. The predicted octanol–water partition coefficient (Wildman–Crippen LogP) is 6.53. The second kappa shape index (κ2) is 14.4. The highest BCUT2D eigenvalue weighted by Crippen LogP contribution is 2.29. The molecule has 4 rings (SSSR count). The maximum absolute atomic E-state index is 14.1. The molecule has 0 bridgehead atoms. The van der Waals surface area contributed by atoms with Gasteiger partial charge >= 0.3 is 0 Å². The molecule has 11 heteroatoms. The van der Waals surface area contributed by atoms with Crippen LogP contribution in [-0.4, -0.2) is 44.8 Å². The van der Waals surface area contributed by atoms with Crippen molar-refractivity contribution in [1.82, 2.24) is 10.2 Å². The van der Waals surface area contributed by atoms with Crippen LogP contribution in [0, 0.1) is 0 Å². The summed E-state index contributed by atoms with van der Waals surface area (Å²) in [5, 5.41) is 3.34. The molecule has 0 aliphatic carbocycles. The molecule has 43 heavy (non-hydrogen) atoms. The summed E-state index contributed by atoms with van der Waals surface area (Å²) in [7, 11) is -2.72. The minimum atomic E-state index is -4.20. The van der Waals surface area contributed by atoms with Crippen LogP contribution in [0.15, 0.2) is 108 Å². The summed E-state index contributed by atoms with van der Waals surface area (Å²) < 4.78 is 34.8. The van der Waals surface area contributed by atoms with Gasteiger partial charge in [0.25, 0.3) is 10.0 Å². The number of hydrogen-bond acceptors (Lipinski definition) is 5. The lowest BCUT2D eigenvalue weighted by Crippen LogP contribution is -2.51. The molecule has 0 heterocycles. The molecule has 2 amide bonds.